The third kappa shape index (κ3) is 3.58. The average molecular weight is 403 g/mol. The van der Waals surface area contributed by atoms with Gasteiger partial charge >= 0.3 is 0 Å². The lowest BCUT2D eigenvalue weighted by Crippen LogP contribution is -2.29. The van der Waals surface area contributed by atoms with Crippen molar-refractivity contribution < 1.29 is 14.3 Å². The molecule has 8 heteroatoms. The monoisotopic (exact) mass is 402 g/mol. The topological polar surface area (TPSA) is 76.5 Å². The summed E-state index contributed by atoms with van der Waals surface area (Å²) in [6.07, 6.45) is 6.39. The molecule has 1 aliphatic heterocycles. The fourth-order valence-corrected chi connectivity index (χ4v) is 4.24. The van der Waals surface area contributed by atoms with Gasteiger partial charge in [-0.2, -0.15) is 5.10 Å². The molecular formula is C20H23ClN4O3. The summed E-state index contributed by atoms with van der Waals surface area (Å²) in [6.45, 7) is 0.291. The highest BCUT2D eigenvalue weighted by Crippen LogP contribution is 2.36. The zero-order valence-electron chi connectivity index (χ0n) is 15.7. The minimum Gasteiger partial charge on any atom is -0.495 e. The van der Waals surface area contributed by atoms with Gasteiger partial charge in [0.2, 0.25) is 11.8 Å². The second-order valence-electron chi connectivity index (χ2n) is 7.31. The van der Waals surface area contributed by atoms with Crippen molar-refractivity contribution in [2.24, 2.45) is 5.92 Å². The summed E-state index contributed by atoms with van der Waals surface area (Å²) in [5, 5.41) is 7.86. The molecule has 2 aromatic rings. The van der Waals surface area contributed by atoms with Crippen LogP contribution in [-0.4, -0.2) is 35.2 Å². The van der Waals surface area contributed by atoms with Gasteiger partial charge < -0.3 is 15.0 Å². The molecule has 1 saturated carbocycles. The Morgan fingerprint density at radius 2 is 2.07 bits per heavy atom. The fourth-order valence-electron chi connectivity index (χ4n) is 4.07. The molecule has 2 amide bonds. The number of ether oxygens (including phenoxy) is 1. The summed E-state index contributed by atoms with van der Waals surface area (Å²) in [5.74, 6) is 0.519. The molecule has 4 rings (SSSR count). The van der Waals surface area contributed by atoms with Crippen molar-refractivity contribution in [1.82, 2.24) is 9.78 Å². The van der Waals surface area contributed by atoms with Crippen LogP contribution >= 0.6 is 11.6 Å². The maximum absolute atomic E-state index is 12.8. The Bertz CT molecular complexity index is 891. The third-order valence-electron chi connectivity index (χ3n) is 5.52. The maximum Gasteiger partial charge on any atom is 0.230 e. The second kappa shape index (κ2) is 7.83. The van der Waals surface area contributed by atoms with E-state index >= 15 is 0 Å². The summed E-state index contributed by atoms with van der Waals surface area (Å²) in [7, 11) is 1.54. The number of aromatic nitrogens is 2. The van der Waals surface area contributed by atoms with Crippen molar-refractivity contribution in [1.29, 1.82) is 0 Å². The number of amides is 2. The number of rotatable bonds is 5. The highest BCUT2D eigenvalue weighted by Gasteiger charge is 2.37. The Hall–Kier alpha value is -2.54. The van der Waals surface area contributed by atoms with Crippen LogP contribution in [0.1, 0.15) is 38.1 Å². The molecule has 1 unspecified atom stereocenters. The van der Waals surface area contributed by atoms with Crippen LogP contribution in [0.2, 0.25) is 5.02 Å². The predicted octanol–water partition coefficient (Wildman–Crippen LogP) is 3.65. The van der Waals surface area contributed by atoms with Gasteiger partial charge in [0.1, 0.15) is 11.6 Å². The molecule has 1 aromatic carbocycles. The van der Waals surface area contributed by atoms with Crippen LogP contribution in [0.4, 0.5) is 11.5 Å². The van der Waals surface area contributed by atoms with E-state index in [1.165, 1.54) is 12.8 Å². The minimum absolute atomic E-state index is 0.120. The molecule has 1 N–H and O–H groups in total. The van der Waals surface area contributed by atoms with Crippen molar-refractivity contribution in [3.05, 3.63) is 35.5 Å². The van der Waals surface area contributed by atoms with Gasteiger partial charge in [-0.15, -0.1) is 0 Å². The number of nitrogens with zero attached hydrogens (tertiary/aromatic N) is 3. The van der Waals surface area contributed by atoms with E-state index in [1.807, 2.05) is 10.7 Å². The number of hydrogen-bond donors (Lipinski definition) is 1. The summed E-state index contributed by atoms with van der Waals surface area (Å²) in [4.78, 5) is 27.0. The molecule has 0 radical (unpaired) electrons. The number of benzene rings is 1. The zero-order chi connectivity index (χ0) is 19.7. The Kier molecular flexibility index (Phi) is 5.26. The smallest absolute Gasteiger partial charge is 0.230 e. The summed E-state index contributed by atoms with van der Waals surface area (Å²) in [6, 6.07) is 7.26. The zero-order valence-corrected chi connectivity index (χ0v) is 16.5. The second-order valence-corrected chi connectivity index (χ2v) is 7.75. The highest BCUT2D eigenvalue weighted by molar-refractivity contribution is 6.31. The summed E-state index contributed by atoms with van der Waals surface area (Å²) >= 11 is 6.09. The molecule has 1 atom stereocenters. The van der Waals surface area contributed by atoms with Crippen LogP contribution in [0.25, 0.3) is 0 Å². The van der Waals surface area contributed by atoms with Crippen molar-refractivity contribution in [2.75, 3.05) is 23.9 Å². The first-order valence-corrected chi connectivity index (χ1v) is 9.93. The number of halogens is 1. The summed E-state index contributed by atoms with van der Waals surface area (Å²) in [5.41, 5.74) is 0.589. The number of carbonyl (C=O) groups is 2. The lowest BCUT2D eigenvalue weighted by molar-refractivity contribution is -0.122. The van der Waals surface area contributed by atoms with Gasteiger partial charge in [-0.05, 0) is 31.0 Å². The number of nitrogens with one attached hydrogen (secondary N) is 1. The molecule has 0 bridgehead atoms. The quantitative estimate of drug-likeness (QED) is 0.828. The van der Waals surface area contributed by atoms with E-state index in [0.717, 1.165) is 12.8 Å². The van der Waals surface area contributed by atoms with E-state index in [2.05, 4.69) is 10.4 Å². The number of methoxy groups -OCH3 is 1. The Balaban J connectivity index is 1.48. The normalized spacial score (nSPS) is 20.0. The fraction of sp³-hybridized carbons (Fsp3) is 0.450. The lowest BCUT2D eigenvalue weighted by Gasteiger charge is -2.20. The molecule has 1 aromatic heterocycles. The van der Waals surface area contributed by atoms with Crippen LogP contribution in [0, 0.1) is 5.92 Å². The van der Waals surface area contributed by atoms with E-state index in [0.29, 0.717) is 34.9 Å². The van der Waals surface area contributed by atoms with Gasteiger partial charge in [-0.25, -0.2) is 4.68 Å². The minimum atomic E-state index is -0.442. The molecular weight excluding hydrogens is 380 g/mol. The SMILES string of the molecule is COc1ccc(Cl)cc1N1CC(C(=O)Nc2ccnn2C2CCCC2)CC1=O. The molecule has 28 heavy (non-hydrogen) atoms. The number of carbonyl (C=O) groups excluding carboxylic acids is 2. The Morgan fingerprint density at radius 1 is 1.29 bits per heavy atom. The van der Waals surface area contributed by atoms with Crippen molar-refractivity contribution in [3.8, 4) is 5.75 Å². The Labute approximate surface area is 168 Å². The molecule has 0 spiro atoms. The van der Waals surface area contributed by atoms with E-state index < -0.39 is 5.92 Å². The van der Waals surface area contributed by atoms with Crippen LogP contribution in [-0.2, 0) is 9.59 Å². The first-order valence-electron chi connectivity index (χ1n) is 9.55. The van der Waals surface area contributed by atoms with Gasteiger partial charge in [0.15, 0.2) is 0 Å². The lowest BCUT2D eigenvalue weighted by atomic mass is 10.1. The van der Waals surface area contributed by atoms with Crippen molar-refractivity contribution in [3.63, 3.8) is 0 Å². The van der Waals surface area contributed by atoms with E-state index in [-0.39, 0.29) is 18.2 Å². The van der Waals surface area contributed by atoms with Gasteiger partial charge in [-0.3, -0.25) is 9.59 Å². The van der Waals surface area contributed by atoms with Crippen LogP contribution in [0.5, 0.6) is 5.75 Å². The van der Waals surface area contributed by atoms with E-state index in [1.54, 1.807) is 36.4 Å². The number of anilines is 2. The molecule has 2 fully saturated rings. The standard InChI is InChI=1S/C20H23ClN4O3/c1-28-17-7-6-14(21)11-16(17)24-12-13(10-19(24)26)20(27)23-18-8-9-22-25(18)15-4-2-3-5-15/h6-9,11,13,15H,2-5,10,12H2,1H3,(H,23,27). The highest BCUT2D eigenvalue weighted by atomic mass is 35.5. The van der Waals surface area contributed by atoms with Gasteiger partial charge in [-0.1, -0.05) is 24.4 Å². The predicted molar refractivity (Wildman–Crippen MR) is 107 cm³/mol. The first-order chi connectivity index (χ1) is 13.6. The largest absolute Gasteiger partial charge is 0.495 e. The molecule has 1 saturated heterocycles. The van der Waals surface area contributed by atoms with Crippen molar-refractivity contribution in [2.45, 2.75) is 38.1 Å². The molecule has 2 heterocycles. The molecule has 7 nitrogen and oxygen atoms in total. The van der Waals surface area contributed by atoms with Crippen molar-refractivity contribution >= 4 is 34.9 Å². The maximum atomic E-state index is 12.8. The first kappa shape index (κ1) is 18.8. The van der Waals surface area contributed by atoms with Crippen LogP contribution < -0.4 is 15.0 Å². The molecule has 2 aliphatic rings. The molecule has 148 valence electrons. The van der Waals surface area contributed by atoms with E-state index in [4.69, 9.17) is 16.3 Å². The van der Waals surface area contributed by atoms with Gasteiger partial charge in [0.25, 0.3) is 0 Å². The van der Waals surface area contributed by atoms with Crippen LogP contribution in [0.15, 0.2) is 30.5 Å². The summed E-state index contributed by atoms with van der Waals surface area (Å²) < 4.78 is 7.25. The van der Waals surface area contributed by atoms with Gasteiger partial charge in [0, 0.05) is 24.1 Å². The average Bonchev–Trinajstić information content (AvgIpc) is 3.42. The molecule has 1 aliphatic carbocycles. The van der Waals surface area contributed by atoms with E-state index in [9.17, 15) is 9.59 Å². The van der Waals surface area contributed by atoms with Gasteiger partial charge in [0.05, 0.1) is 31.0 Å². The number of hydrogen-bond acceptors (Lipinski definition) is 4. The third-order valence-corrected chi connectivity index (χ3v) is 5.75. The Morgan fingerprint density at radius 3 is 2.82 bits per heavy atom. The van der Waals surface area contributed by atoms with Crippen LogP contribution in [0.3, 0.4) is 0 Å².